The molecule has 17 heavy (non-hydrogen) atoms. The summed E-state index contributed by atoms with van der Waals surface area (Å²) in [4.78, 5) is 0. The molecule has 0 saturated heterocycles. The molecule has 1 heterocycles. The van der Waals surface area contributed by atoms with Crippen LogP contribution in [0.25, 0.3) is 0 Å². The van der Waals surface area contributed by atoms with Gasteiger partial charge in [0.1, 0.15) is 0 Å². The number of hydrogen-bond acceptors (Lipinski definition) is 2. The lowest BCUT2D eigenvalue weighted by molar-refractivity contribution is 0.632. The van der Waals surface area contributed by atoms with Gasteiger partial charge in [-0.05, 0) is 52.7 Å². The molecule has 0 amide bonds. The predicted octanol–water partition coefficient (Wildman–Crippen LogP) is 4.86. The van der Waals surface area contributed by atoms with Crippen molar-refractivity contribution in [3.8, 4) is 0 Å². The van der Waals surface area contributed by atoms with Crippen molar-refractivity contribution in [1.29, 1.82) is 0 Å². The maximum Gasteiger partial charge on any atom is 0.0599 e. The maximum absolute atomic E-state index is 6.29. The second-order valence-corrected chi connectivity index (χ2v) is 5.82. The maximum atomic E-state index is 6.29. The quantitative estimate of drug-likeness (QED) is 0.844. The highest BCUT2D eigenvalue weighted by Crippen LogP contribution is 2.31. The van der Waals surface area contributed by atoms with Gasteiger partial charge in [0.25, 0.3) is 0 Å². The van der Waals surface area contributed by atoms with Crippen molar-refractivity contribution in [2.75, 3.05) is 6.54 Å². The van der Waals surface area contributed by atoms with E-state index in [9.17, 15) is 0 Å². The van der Waals surface area contributed by atoms with Crippen LogP contribution in [0.1, 0.15) is 24.1 Å². The zero-order chi connectivity index (χ0) is 12.3. The Bertz CT molecular complexity index is 484. The SMILES string of the molecule is CCNC(c1ccsc1)c1cc(Br)ccc1Cl. The van der Waals surface area contributed by atoms with Crippen molar-refractivity contribution >= 4 is 38.9 Å². The van der Waals surface area contributed by atoms with Crippen LogP contribution in [0.2, 0.25) is 5.02 Å². The molecule has 4 heteroatoms. The molecule has 1 unspecified atom stereocenters. The Morgan fingerprint density at radius 3 is 2.88 bits per heavy atom. The topological polar surface area (TPSA) is 12.0 Å². The summed E-state index contributed by atoms with van der Waals surface area (Å²) in [5, 5.41) is 8.51. The molecule has 2 rings (SSSR count). The summed E-state index contributed by atoms with van der Waals surface area (Å²) >= 11 is 11.5. The molecule has 0 spiro atoms. The average Bonchev–Trinajstić information content (AvgIpc) is 2.83. The Kier molecular flexibility index (Phi) is 4.62. The molecule has 1 aromatic carbocycles. The van der Waals surface area contributed by atoms with Crippen molar-refractivity contribution in [3.63, 3.8) is 0 Å². The van der Waals surface area contributed by atoms with Crippen molar-refractivity contribution < 1.29 is 0 Å². The molecule has 1 aromatic heterocycles. The molecule has 90 valence electrons. The molecule has 0 saturated carbocycles. The first-order chi connectivity index (χ1) is 8.22. The molecule has 0 aliphatic heterocycles. The second-order valence-electron chi connectivity index (χ2n) is 3.71. The average molecular weight is 331 g/mol. The standard InChI is InChI=1S/C13H13BrClNS/c1-2-16-13(9-5-6-17-8-9)11-7-10(14)3-4-12(11)15/h3-8,13,16H,2H2,1H3. The molecular weight excluding hydrogens is 318 g/mol. The zero-order valence-electron chi connectivity index (χ0n) is 9.41. The van der Waals surface area contributed by atoms with Crippen LogP contribution in [0.5, 0.6) is 0 Å². The summed E-state index contributed by atoms with van der Waals surface area (Å²) in [5.41, 5.74) is 2.37. The normalized spacial score (nSPS) is 12.6. The van der Waals surface area contributed by atoms with Crippen LogP contribution >= 0.6 is 38.9 Å². The van der Waals surface area contributed by atoms with Gasteiger partial charge >= 0.3 is 0 Å². The van der Waals surface area contributed by atoms with E-state index in [1.54, 1.807) is 11.3 Å². The van der Waals surface area contributed by atoms with E-state index >= 15 is 0 Å². The lowest BCUT2D eigenvalue weighted by Gasteiger charge is -2.19. The summed E-state index contributed by atoms with van der Waals surface area (Å²) in [7, 11) is 0. The molecule has 1 nitrogen and oxygen atoms in total. The molecule has 0 aliphatic carbocycles. The smallest absolute Gasteiger partial charge is 0.0599 e. The van der Waals surface area contributed by atoms with Crippen LogP contribution in [-0.2, 0) is 0 Å². The predicted molar refractivity (Wildman–Crippen MR) is 79.0 cm³/mol. The van der Waals surface area contributed by atoms with E-state index in [1.807, 2.05) is 12.1 Å². The highest BCUT2D eigenvalue weighted by Gasteiger charge is 2.16. The van der Waals surface area contributed by atoms with Crippen LogP contribution in [0, 0.1) is 0 Å². The van der Waals surface area contributed by atoms with Crippen LogP contribution in [0.3, 0.4) is 0 Å². The van der Waals surface area contributed by atoms with Gasteiger partial charge in [-0.2, -0.15) is 11.3 Å². The monoisotopic (exact) mass is 329 g/mol. The third-order valence-electron chi connectivity index (χ3n) is 2.55. The van der Waals surface area contributed by atoms with Crippen molar-refractivity contribution in [2.45, 2.75) is 13.0 Å². The number of halogens is 2. The van der Waals surface area contributed by atoms with Gasteiger partial charge in [-0.15, -0.1) is 0 Å². The van der Waals surface area contributed by atoms with Crippen molar-refractivity contribution in [2.24, 2.45) is 0 Å². The third kappa shape index (κ3) is 3.10. The van der Waals surface area contributed by atoms with E-state index < -0.39 is 0 Å². The minimum Gasteiger partial charge on any atom is -0.306 e. The first-order valence-electron chi connectivity index (χ1n) is 5.42. The summed E-state index contributed by atoms with van der Waals surface area (Å²) in [6.07, 6.45) is 0. The first-order valence-corrected chi connectivity index (χ1v) is 7.54. The zero-order valence-corrected chi connectivity index (χ0v) is 12.6. The van der Waals surface area contributed by atoms with E-state index in [0.29, 0.717) is 0 Å². The number of rotatable bonds is 4. The molecule has 2 aromatic rings. The number of nitrogens with one attached hydrogen (secondary N) is 1. The van der Waals surface area contributed by atoms with E-state index in [2.05, 4.69) is 51.1 Å². The lowest BCUT2D eigenvalue weighted by atomic mass is 10.0. The second kappa shape index (κ2) is 6.01. The van der Waals surface area contributed by atoms with Gasteiger partial charge in [0.15, 0.2) is 0 Å². The third-order valence-corrected chi connectivity index (χ3v) is 4.09. The molecule has 0 aliphatic rings. The van der Waals surface area contributed by atoms with E-state index in [0.717, 1.165) is 21.6 Å². The van der Waals surface area contributed by atoms with Gasteiger partial charge in [0.2, 0.25) is 0 Å². The van der Waals surface area contributed by atoms with Crippen LogP contribution < -0.4 is 5.32 Å². The number of benzene rings is 1. The summed E-state index contributed by atoms with van der Waals surface area (Å²) in [6.45, 7) is 3.01. The highest BCUT2D eigenvalue weighted by atomic mass is 79.9. The fourth-order valence-electron chi connectivity index (χ4n) is 1.79. The summed E-state index contributed by atoms with van der Waals surface area (Å²) in [6, 6.07) is 8.26. The van der Waals surface area contributed by atoms with Gasteiger partial charge in [-0.25, -0.2) is 0 Å². The Hall–Kier alpha value is -0.350. The summed E-state index contributed by atoms with van der Waals surface area (Å²) in [5.74, 6) is 0. The fourth-order valence-corrected chi connectivity index (χ4v) is 3.08. The summed E-state index contributed by atoms with van der Waals surface area (Å²) < 4.78 is 1.05. The molecule has 0 bridgehead atoms. The number of thiophene rings is 1. The first kappa shape index (κ1) is 13.1. The molecule has 1 N–H and O–H groups in total. The van der Waals surface area contributed by atoms with Crippen molar-refractivity contribution in [1.82, 2.24) is 5.32 Å². The Balaban J connectivity index is 2.42. The highest BCUT2D eigenvalue weighted by molar-refractivity contribution is 9.10. The van der Waals surface area contributed by atoms with Crippen LogP contribution in [0.15, 0.2) is 39.5 Å². The molecule has 0 radical (unpaired) electrons. The number of hydrogen-bond donors (Lipinski definition) is 1. The van der Waals surface area contributed by atoms with Gasteiger partial charge in [-0.1, -0.05) is 34.5 Å². The molecule has 0 fully saturated rings. The Labute approximate surface area is 119 Å². The van der Waals surface area contributed by atoms with Crippen LogP contribution in [0.4, 0.5) is 0 Å². The minimum absolute atomic E-state index is 0.163. The largest absolute Gasteiger partial charge is 0.306 e. The van der Waals surface area contributed by atoms with E-state index in [-0.39, 0.29) is 6.04 Å². The van der Waals surface area contributed by atoms with Gasteiger partial charge < -0.3 is 5.32 Å². The van der Waals surface area contributed by atoms with Gasteiger partial charge in [-0.3, -0.25) is 0 Å². The fraction of sp³-hybridized carbons (Fsp3) is 0.231. The molecular formula is C13H13BrClNS. The Morgan fingerprint density at radius 2 is 2.24 bits per heavy atom. The van der Waals surface area contributed by atoms with Crippen LogP contribution in [-0.4, -0.2) is 6.54 Å². The lowest BCUT2D eigenvalue weighted by Crippen LogP contribution is -2.21. The molecule has 1 atom stereocenters. The van der Waals surface area contributed by atoms with Gasteiger partial charge in [0.05, 0.1) is 6.04 Å². The minimum atomic E-state index is 0.163. The Morgan fingerprint density at radius 1 is 1.41 bits per heavy atom. The van der Waals surface area contributed by atoms with E-state index in [1.165, 1.54) is 5.56 Å². The van der Waals surface area contributed by atoms with E-state index in [4.69, 9.17) is 11.6 Å². The van der Waals surface area contributed by atoms with Crippen molar-refractivity contribution in [3.05, 3.63) is 55.6 Å². The van der Waals surface area contributed by atoms with Gasteiger partial charge in [0, 0.05) is 9.50 Å².